The molecule has 94 valence electrons. The molecule has 0 saturated heterocycles. The number of rotatable bonds is 5. The number of aliphatic hydroxyl groups is 2. The molecule has 0 aromatic heterocycles. The first-order chi connectivity index (χ1) is 7.30. The Bertz CT molecular complexity index is 235. The summed E-state index contributed by atoms with van der Waals surface area (Å²) in [6.07, 6.45) is 0.287. The maximum absolute atomic E-state index is 11.4. The Balaban J connectivity index is 4.21. The average Bonchev–Trinajstić information content (AvgIpc) is 2.11. The van der Waals surface area contributed by atoms with Crippen molar-refractivity contribution in [3.8, 4) is 0 Å². The Morgan fingerprint density at radius 2 is 2.12 bits per heavy atom. The molecule has 2 atom stereocenters. The van der Waals surface area contributed by atoms with E-state index in [0.717, 1.165) is 0 Å². The van der Waals surface area contributed by atoms with E-state index in [1.165, 1.54) is 6.08 Å². The number of hydrogen-bond acceptors (Lipinski definition) is 4. The zero-order valence-corrected chi connectivity index (χ0v) is 10.1. The predicted molar refractivity (Wildman–Crippen MR) is 61.1 cm³/mol. The van der Waals surface area contributed by atoms with Crippen molar-refractivity contribution in [2.75, 3.05) is 6.61 Å². The van der Waals surface area contributed by atoms with Gasteiger partial charge in [-0.25, -0.2) is 4.79 Å². The molecule has 0 aromatic carbocycles. The molecule has 5 nitrogen and oxygen atoms in total. The molecule has 0 heterocycles. The van der Waals surface area contributed by atoms with Crippen molar-refractivity contribution in [2.45, 2.75) is 44.9 Å². The van der Waals surface area contributed by atoms with E-state index in [2.05, 4.69) is 11.9 Å². The van der Waals surface area contributed by atoms with E-state index in [1.807, 2.05) is 0 Å². The van der Waals surface area contributed by atoms with Gasteiger partial charge in [-0.2, -0.15) is 0 Å². The number of carbonyl (C=O) groups is 1. The molecular formula is C11H21NO4. The number of hydrogen-bond donors (Lipinski definition) is 3. The van der Waals surface area contributed by atoms with Crippen LogP contribution in [0.15, 0.2) is 12.7 Å². The highest BCUT2D eigenvalue weighted by Crippen LogP contribution is 2.07. The molecule has 0 aliphatic carbocycles. The molecule has 0 saturated carbocycles. The summed E-state index contributed by atoms with van der Waals surface area (Å²) in [5.41, 5.74) is -0.604. The fourth-order valence-corrected chi connectivity index (χ4v) is 1.06. The third kappa shape index (κ3) is 6.42. The van der Waals surface area contributed by atoms with Gasteiger partial charge in [0.15, 0.2) is 0 Å². The topological polar surface area (TPSA) is 78.8 Å². The summed E-state index contributed by atoms with van der Waals surface area (Å²) in [4.78, 5) is 11.4. The van der Waals surface area contributed by atoms with Crippen molar-refractivity contribution in [1.82, 2.24) is 5.32 Å². The summed E-state index contributed by atoms with van der Waals surface area (Å²) in [7, 11) is 0. The maximum atomic E-state index is 11.4. The largest absolute Gasteiger partial charge is 0.444 e. The number of aliphatic hydroxyl groups excluding tert-OH is 2. The van der Waals surface area contributed by atoms with Gasteiger partial charge in [0.05, 0.1) is 18.8 Å². The number of carbonyl (C=O) groups excluding carboxylic acids is 1. The average molecular weight is 231 g/mol. The lowest BCUT2D eigenvalue weighted by Gasteiger charge is -2.24. The van der Waals surface area contributed by atoms with E-state index in [0.29, 0.717) is 6.42 Å². The molecule has 0 spiro atoms. The quantitative estimate of drug-likeness (QED) is 0.612. The molecule has 0 unspecified atom stereocenters. The number of alkyl carbamates (subject to hydrolysis) is 1. The molecule has 0 aliphatic heterocycles. The van der Waals surface area contributed by atoms with Crippen molar-refractivity contribution in [2.24, 2.45) is 0 Å². The second-order valence-corrected chi connectivity index (χ2v) is 4.53. The van der Waals surface area contributed by atoms with Crippen LogP contribution in [0.3, 0.4) is 0 Å². The van der Waals surface area contributed by atoms with Gasteiger partial charge in [0.25, 0.3) is 0 Å². The maximum Gasteiger partial charge on any atom is 0.408 e. The number of nitrogens with one attached hydrogen (secondary N) is 1. The van der Waals surface area contributed by atoms with Crippen LogP contribution in [-0.2, 0) is 4.74 Å². The highest BCUT2D eigenvalue weighted by molar-refractivity contribution is 5.68. The normalized spacial score (nSPS) is 15.1. The van der Waals surface area contributed by atoms with Gasteiger partial charge in [0.2, 0.25) is 0 Å². The molecule has 0 bridgehead atoms. The fraction of sp³-hybridized carbons (Fsp3) is 0.727. The van der Waals surface area contributed by atoms with Gasteiger partial charge in [0, 0.05) is 0 Å². The van der Waals surface area contributed by atoms with Crippen molar-refractivity contribution < 1.29 is 19.7 Å². The lowest BCUT2D eigenvalue weighted by molar-refractivity contribution is 0.0356. The Morgan fingerprint density at radius 3 is 2.50 bits per heavy atom. The van der Waals surface area contributed by atoms with Crippen LogP contribution >= 0.6 is 0 Å². The van der Waals surface area contributed by atoms with E-state index in [9.17, 15) is 9.90 Å². The Morgan fingerprint density at radius 1 is 1.56 bits per heavy atom. The Labute approximate surface area is 96.1 Å². The van der Waals surface area contributed by atoms with Crippen LogP contribution in [0.2, 0.25) is 0 Å². The van der Waals surface area contributed by atoms with Crippen LogP contribution < -0.4 is 5.32 Å². The summed E-state index contributed by atoms with van der Waals surface area (Å²) in [6, 6.07) is -0.743. The third-order valence-corrected chi connectivity index (χ3v) is 1.77. The molecule has 3 N–H and O–H groups in total. The standard InChI is InChI=1S/C11H21NO4/c1-5-6-9(14)8(7-13)12-10(15)16-11(2,3)4/h5,8-9,13-14H,1,6-7H2,2-4H3,(H,12,15)/t8-,9+/m0/s1. The number of ether oxygens (including phenoxy) is 1. The van der Waals surface area contributed by atoms with E-state index in [4.69, 9.17) is 9.84 Å². The van der Waals surface area contributed by atoms with Crippen LogP contribution in [0, 0.1) is 0 Å². The SMILES string of the molecule is C=CC[C@@H](O)[C@H](CO)NC(=O)OC(C)(C)C. The molecule has 0 radical (unpaired) electrons. The highest BCUT2D eigenvalue weighted by Gasteiger charge is 2.23. The van der Waals surface area contributed by atoms with E-state index in [-0.39, 0.29) is 6.61 Å². The summed E-state index contributed by atoms with van der Waals surface area (Å²) in [5.74, 6) is 0. The van der Waals surface area contributed by atoms with Gasteiger partial charge in [-0.3, -0.25) is 0 Å². The first-order valence-corrected chi connectivity index (χ1v) is 5.19. The minimum Gasteiger partial charge on any atom is -0.444 e. The van der Waals surface area contributed by atoms with Crippen LogP contribution in [0.25, 0.3) is 0 Å². The first kappa shape index (κ1) is 14.9. The van der Waals surface area contributed by atoms with Crippen molar-refractivity contribution in [1.29, 1.82) is 0 Å². The van der Waals surface area contributed by atoms with Crippen molar-refractivity contribution >= 4 is 6.09 Å². The molecule has 0 fully saturated rings. The molecule has 1 amide bonds. The van der Waals surface area contributed by atoms with E-state index >= 15 is 0 Å². The third-order valence-electron chi connectivity index (χ3n) is 1.77. The van der Waals surface area contributed by atoms with Crippen LogP contribution in [-0.4, -0.2) is 40.7 Å². The van der Waals surface area contributed by atoms with Crippen LogP contribution in [0.5, 0.6) is 0 Å². The summed E-state index contributed by atoms with van der Waals surface area (Å²) >= 11 is 0. The summed E-state index contributed by atoms with van der Waals surface area (Å²) in [5, 5.41) is 21.0. The lowest BCUT2D eigenvalue weighted by Crippen LogP contribution is -2.47. The van der Waals surface area contributed by atoms with Crippen molar-refractivity contribution in [3.63, 3.8) is 0 Å². The second-order valence-electron chi connectivity index (χ2n) is 4.53. The molecule has 0 aromatic rings. The molecular weight excluding hydrogens is 210 g/mol. The Kier molecular flexibility index (Phi) is 6.06. The zero-order chi connectivity index (χ0) is 12.8. The van der Waals surface area contributed by atoms with E-state index in [1.54, 1.807) is 20.8 Å². The van der Waals surface area contributed by atoms with Gasteiger partial charge < -0.3 is 20.3 Å². The molecule has 0 rings (SSSR count). The molecule has 16 heavy (non-hydrogen) atoms. The fourth-order valence-electron chi connectivity index (χ4n) is 1.06. The van der Waals surface area contributed by atoms with Crippen LogP contribution in [0.4, 0.5) is 4.79 Å². The lowest BCUT2D eigenvalue weighted by atomic mass is 10.1. The second kappa shape index (κ2) is 6.50. The first-order valence-electron chi connectivity index (χ1n) is 5.19. The minimum atomic E-state index is -0.866. The molecule has 0 aliphatic rings. The van der Waals surface area contributed by atoms with Crippen LogP contribution in [0.1, 0.15) is 27.2 Å². The summed E-state index contributed by atoms with van der Waals surface area (Å²) in [6.45, 7) is 8.33. The van der Waals surface area contributed by atoms with E-state index < -0.39 is 23.8 Å². The van der Waals surface area contributed by atoms with Gasteiger partial charge >= 0.3 is 6.09 Å². The summed E-state index contributed by atoms with van der Waals surface area (Å²) < 4.78 is 5.00. The van der Waals surface area contributed by atoms with Gasteiger partial charge in [-0.05, 0) is 27.2 Å². The van der Waals surface area contributed by atoms with Crippen molar-refractivity contribution in [3.05, 3.63) is 12.7 Å². The monoisotopic (exact) mass is 231 g/mol. The zero-order valence-electron chi connectivity index (χ0n) is 10.1. The minimum absolute atomic E-state index is 0.293. The van der Waals surface area contributed by atoms with Gasteiger partial charge in [-0.15, -0.1) is 6.58 Å². The van der Waals surface area contributed by atoms with Gasteiger partial charge in [-0.1, -0.05) is 6.08 Å². The predicted octanol–water partition coefficient (Wildman–Crippen LogP) is 0.809. The smallest absolute Gasteiger partial charge is 0.408 e. The molecule has 5 heteroatoms. The van der Waals surface area contributed by atoms with Gasteiger partial charge in [0.1, 0.15) is 5.60 Å². The highest BCUT2D eigenvalue weighted by atomic mass is 16.6. The number of amides is 1. The Hall–Kier alpha value is -1.07.